The van der Waals surface area contributed by atoms with E-state index in [-0.39, 0.29) is 5.82 Å². The second-order valence-electron chi connectivity index (χ2n) is 5.52. The van der Waals surface area contributed by atoms with Gasteiger partial charge in [-0.2, -0.15) is 12.7 Å². The van der Waals surface area contributed by atoms with Crippen LogP contribution in [0.5, 0.6) is 0 Å². The Morgan fingerprint density at radius 3 is 2.36 bits per heavy atom. The Labute approximate surface area is 132 Å². The molecular formula is C15H24FN3O2S. The summed E-state index contributed by atoms with van der Waals surface area (Å²) in [5, 5.41) is 0. The summed E-state index contributed by atoms with van der Waals surface area (Å²) in [4.78, 5) is 2.25. The Bertz CT molecular complexity index is 555. The van der Waals surface area contributed by atoms with E-state index >= 15 is 0 Å². The van der Waals surface area contributed by atoms with E-state index in [2.05, 4.69) is 9.62 Å². The van der Waals surface area contributed by atoms with Gasteiger partial charge in [-0.1, -0.05) is 19.1 Å². The lowest BCUT2D eigenvalue weighted by atomic mass is 10.1. The maximum absolute atomic E-state index is 12.8. The summed E-state index contributed by atoms with van der Waals surface area (Å²) >= 11 is 0. The summed E-state index contributed by atoms with van der Waals surface area (Å²) in [6.45, 7) is 5.78. The van der Waals surface area contributed by atoms with Gasteiger partial charge in [-0.05, 0) is 30.5 Å². The molecule has 1 fully saturated rings. The molecule has 0 unspecified atom stereocenters. The van der Waals surface area contributed by atoms with E-state index < -0.39 is 10.2 Å². The van der Waals surface area contributed by atoms with Crippen LogP contribution in [0.2, 0.25) is 0 Å². The van der Waals surface area contributed by atoms with Crippen molar-refractivity contribution in [3.8, 4) is 0 Å². The molecule has 1 aliphatic heterocycles. The van der Waals surface area contributed by atoms with E-state index in [9.17, 15) is 12.8 Å². The molecule has 1 aliphatic rings. The minimum absolute atomic E-state index is 0.220. The van der Waals surface area contributed by atoms with Gasteiger partial charge in [-0.25, -0.2) is 9.11 Å². The quantitative estimate of drug-likeness (QED) is 0.819. The topological polar surface area (TPSA) is 52.7 Å². The van der Waals surface area contributed by atoms with Crippen molar-refractivity contribution in [3.05, 3.63) is 35.6 Å². The monoisotopic (exact) mass is 329 g/mol. The average Bonchev–Trinajstić information content (AvgIpc) is 2.53. The Balaban J connectivity index is 1.76. The molecule has 1 saturated heterocycles. The van der Waals surface area contributed by atoms with Crippen molar-refractivity contribution < 1.29 is 12.8 Å². The van der Waals surface area contributed by atoms with Crippen molar-refractivity contribution in [2.75, 3.05) is 39.3 Å². The van der Waals surface area contributed by atoms with Gasteiger partial charge in [0, 0.05) is 39.3 Å². The molecule has 1 heterocycles. The van der Waals surface area contributed by atoms with Crippen molar-refractivity contribution >= 4 is 10.2 Å². The fourth-order valence-electron chi connectivity index (χ4n) is 2.45. The van der Waals surface area contributed by atoms with Crippen molar-refractivity contribution in [2.24, 2.45) is 0 Å². The molecule has 0 atom stereocenters. The van der Waals surface area contributed by atoms with Crippen LogP contribution in [0.15, 0.2) is 24.3 Å². The molecule has 124 valence electrons. The molecule has 1 aromatic rings. The van der Waals surface area contributed by atoms with E-state index in [1.807, 2.05) is 6.92 Å². The highest BCUT2D eigenvalue weighted by atomic mass is 32.2. The summed E-state index contributed by atoms with van der Waals surface area (Å²) in [6.07, 6.45) is 1.64. The first-order valence-electron chi connectivity index (χ1n) is 7.73. The summed E-state index contributed by atoms with van der Waals surface area (Å²) in [6, 6.07) is 6.54. The lowest BCUT2D eigenvalue weighted by Gasteiger charge is -2.33. The molecule has 0 aliphatic carbocycles. The number of benzene rings is 1. The molecule has 1 aromatic carbocycles. The van der Waals surface area contributed by atoms with E-state index in [4.69, 9.17) is 0 Å². The lowest BCUT2D eigenvalue weighted by Crippen LogP contribution is -2.52. The molecule has 22 heavy (non-hydrogen) atoms. The minimum Gasteiger partial charge on any atom is -0.300 e. The number of halogens is 1. The number of nitrogens with zero attached hydrogens (tertiary/aromatic N) is 2. The van der Waals surface area contributed by atoms with Gasteiger partial charge < -0.3 is 4.90 Å². The first-order valence-corrected chi connectivity index (χ1v) is 9.17. The second kappa shape index (κ2) is 8.01. The van der Waals surface area contributed by atoms with Gasteiger partial charge >= 0.3 is 0 Å². The Morgan fingerprint density at radius 1 is 1.14 bits per heavy atom. The highest BCUT2D eigenvalue weighted by molar-refractivity contribution is 7.87. The van der Waals surface area contributed by atoms with Gasteiger partial charge in [-0.3, -0.25) is 0 Å². The standard InChI is InChI=1S/C15H24FN3O2S/c1-2-8-17-22(20,21)19-12-10-18(11-13-19)9-7-14-3-5-15(16)6-4-14/h3-6,17H,2,7-13H2,1H3. The molecule has 1 N–H and O–H groups in total. The first-order chi connectivity index (χ1) is 10.5. The maximum atomic E-state index is 12.8. The third-order valence-electron chi connectivity index (χ3n) is 3.84. The number of nitrogens with one attached hydrogen (secondary N) is 1. The molecule has 0 bridgehead atoms. The normalized spacial score (nSPS) is 17.7. The zero-order valence-electron chi connectivity index (χ0n) is 13.0. The van der Waals surface area contributed by atoms with Crippen molar-refractivity contribution in [1.82, 2.24) is 13.9 Å². The van der Waals surface area contributed by atoms with Crippen molar-refractivity contribution in [2.45, 2.75) is 19.8 Å². The predicted octanol–water partition coefficient (Wildman–Crippen LogP) is 1.23. The SMILES string of the molecule is CCCNS(=O)(=O)N1CCN(CCc2ccc(F)cc2)CC1. The Morgan fingerprint density at radius 2 is 1.77 bits per heavy atom. The van der Waals surface area contributed by atoms with Crippen LogP contribution >= 0.6 is 0 Å². The number of rotatable bonds is 7. The van der Waals surface area contributed by atoms with Crippen LogP contribution in [0.4, 0.5) is 4.39 Å². The predicted molar refractivity (Wildman–Crippen MR) is 85.3 cm³/mol. The zero-order chi connectivity index (χ0) is 16.0. The number of hydrogen-bond acceptors (Lipinski definition) is 3. The van der Waals surface area contributed by atoms with Gasteiger partial charge in [0.15, 0.2) is 0 Å². The summed E-state index contributed by atoms with van der Waals surface area (Å²) < 4.78 is 41.0. The molecule has 0 aromatic heterocycles. The van der Waals surface area contributed by atoms with Crippen LogP contribution in [-0.4, -0.2) is 56.9 Å². The van der Waals surface area contributed by atoms with Gasteiger partial charge in [0.25, 0.3) is 10.2 Å². The van der Waals surface area contributed by atoms with Crippen LogP contribution in [0.1, 0.15) is 18.9 Å². The van der Waals surface area contributed by atoms with E-state index in [1.54, 1.807) is 12.1 Å². The molecule has 0 saturated carbocycles. The zero-order valence-corrected chi connectivity index (χ0v) is 13.8. The summed E-state index contributed by atoms with van der Waals surface area (Å²) in [5.74, 6) is -0.220. The molecule has 7 heteroatoms. The summed E-state index contributed by atoms with van der Waals surface area (Å²) in [7, 11) is -3.33. The van der Waals surface area contributed by atoms with E-state index in [0.717, 1.165) is 38.0 Å². The fraction of sp³-hybridized carbons (Fsp3) is 0.600. The van der Waals surface area contributed by atoms with Crippen LogP contribution in [-0.2, 0) is 16.6 Å². The fourth-order valence-corrected chi connectivity index (χ4v) is 3.74. The van der Waals surface area contributed by atoms with E-state index in [1.165, 1.54) is 16.4 Å². The molecule has 2 rings (SSSR count). The maximum Gasteiger partial charge on any atom is 0.279 e. The van der Waals surface area contributed by atoms with E-state index in [0.29, 0.717) is 19.6 Å². The van der Waals surface area contributed by atoms with Crippen LogP contribution in [0, 0.1) is 5.82 Å². The molecular weight excluding hydrogens is 305 g/mol. The van der Waals surface area contributed by atoms with Gasteiger partial charge in [0.1, 0.15) is 5.82 Å². The third kappa shape index (κ3) is 5.01. The highest BCUT2D eigenvalue weighted by Crippen LogP contribution is 2.09. The van der Waals surface area contributed by atoms with Crippen LogP contribution < -0.4 is 4.72 Å². The van der Waals surface area contributed by atoms with Crippen molar-refractivity contribution in [1.29, 1.82) is 0 Å². The minimum atomic E-state index is -3.33. The van der Waals surface area contributed by atoms with Crippen molar-refractivity contribution in [3.63, 3.8) is 0 Å². The smallest absolute Gasteiger partial charge is 0.279 e. The number of piperazine rings is 1. The first kappa shape index (κ1) is 17.3. The summed E-state index contributed by atoms with van der Waals surface area (Å²) in [5.41, 5.74) is 1.10. The van der Waals surface area contributed by atoms with Gasteiger partial charge in [0.05, 0.1) is 0 Å². The Hall–Kier alpha value is -1.02. The third-order valence-corrected chi connectivity index (χ3v) is 5.45. The molecule has 5 nitrogen and oxygen atoms in total. The molecule has 0 spiro atoms. The highest BCUT2D eigenvalue weighted by Gasteiger charge is 2.25. The van der Waals surface area contributed by atoms with Crippen LogP contribution in [0.3, 0.4) is 0 Å². The Kier molecular flexibility index (Phi) is 6.31. The largest absolute Gasteiger partial charge is 0.300 e. The molecule has 0 radical (unpaired) electrons. The average molecular weight is 329 g/mol. The van der Waals surface area contributed by atoms with Gasteiger partial charge in [-0.15, -0.1) is 0 Å². The van der Waals surface area contributed by atoms with Crippen LogP contribution in [0.25, 0.3) is 0 Å². The number of hydrogen-bond donors (Lipinski definition) is 1. The molecule has 0 amide bonds. The van der Waals surface area contributed by atoms with Gasteiger partial charge in [0.2, 0.25) is 0 Å². The second-order valence-corrected chi connectivity index (χ2v) is 7.27. The lowest BCUT2D eigenvalue weighted by molar-refractivity contribution is 0.189.